The van der Waals surface area contributed by atoms with E-state index in [1.54, 1.807) is 4.90 Å². The molecule has 4 bridgehead atoms. The molecule has 1 amide bonds. The van der Waals surface area contributed by atoms with Gasteiger partial charge in [0.2, 0.25) is 0 Å². The van der Waals surface area contributed by atoms with Crippen molar-refractivity contribution in [3.8, 4) is 0 Å². The Kier molecular flexibility index (Phi) is 3.77. The number of hydrogen-bond donors (Lipinski definition) is 1. The topological polar surface area (TPSA) is 66.1 Å². The predicted octanol–water partition coefficient (Wildman–Crippen LogP) is 2.72. The second-order valence-electron chi connectivity index (χ2n) is 8.15. The summed E-state index contributed by atoms with van der Waals surface area (Å²) in [5.41, 5.74) is -0.0372. The first-order valence-corrected chi connectivity index (χ1v) is 9.43. The zero-order valence-electron chi connectivity index (χ0n) is 14.7. The van der Waals surface area contributed by atoms with E-state index in [0.717, 1.165) is 42.8 Å². The predicted molar refractivity (Wildman–Crippen MR) is 92.0 cm³/mol. The highest BCUT2D eigenvalue weighted by atomic mass is 16.2. The minimum Gasteiger partial charge on any atom is -0.339 e. The van der Waals surface area contributed by atoms with Gasteiger partial charge in [-0.05, 0) is 70.1 Å². The fraction of sp³-hybridized carbons (Fsp3) is 0.737. The van der Waals surface area contributed by atoms with Gasteiger partial charge in [0.1, 0.15) is 11.4 Å². The number of nitrogens with one attached hydrogen (secondary N) is 1. The molecule has 0 unspecified atom stereocenters. The highest BCUT2D eigenvalue weighted by Gasteiger charge is 2.52. The SMILES string of the molecule is CCN(CC)C(=O)c1cnc(C23CC4CC(CC(C4)C2)C3)[nH]c1=O. The summed E-state index contributed by atoms with van der Waals surface area (Å²) >= 11 is 0. The first-order chi connectivity index (χ1) is 11.5. The summed E-state index contributed by atoms with van der Waals surface area (Å²) in [5, 5.41) is 0. The first kappa shape index (κ1) is 15.9. The number of amides is 1. The third-order valence-electron chi connectivity index (χ3n) is 6.62. The minimum absolute atomic E-state index is 0.0602. The largest absolute Gasteiger partial charge is 0.339 e. The number of nitrogens with zero attached hydrogens (tertiary/aromatic N) is 2. The van der Waals surface area contributed by atoms with Crippen molar-refractivity contribution >= 4 is 5.91 Å². The molecule has 1 aromatic heterocycles. The van der Waals surface area contributed by atoms with Crippen molar-refractivity contribution in [3.63, 3.8) is 0 Å². The molecule has 0 aliphatic heterocycles. The number of hydrogen-bond acceptors (Lipinski definition) is 3. The van der Waals surface area contributed by atoms with Gasteiger partial charge in [-0.2, -0.15) is 0 Å². The third-order valence-corrected chi connectivity index (χ3v) is 6.62. The van der Waals surface area contributed by atoms with Gasteiger partial charge in [0.25, 0.3) is 11.5 Å². The number of aromatic nitrogens is 2. The monoisotopic (exact) mass is 329 g/mol. The van der Waals surface area contributed by atoms with E-state index < -0.39 is 0 Å². The van der Waals surface area contributed by atoms with Crippen molar-refractivity contribution in [1.29, 1.82) is 0 Å². The Labute approximate surface area is 142 Å². The lowest BCUT2D eigenvalue weighted by atomic mass is 9.49. The minimum atomic E-state index is -0.271. The van der Waals surface area contributed by atoms with Crippen LogP contribution < -0.4 is 5.56 Å². The molecule has 130 valence electrons. The second kappa shape index (κ2) is 5.71. The average Bonchev–Trinajstić information content (AvgIpc) is 2.54. The molecule has 1 heterocycles. The molecule has 4 fully saturated rings. The Hall–Kier alpha value is -1.65. The van der Waals surface area contributed by atoms with Crippen LogP contribution in [-0.2, 0) is 5.41 Å². The quantitative estimate of drug-likeness (QED) is 0.923. The molecule has 0 atom stereocenters. The second-order valence-corrected chi connectivity index (χ2v) is 8.15. The molecule has 4 saturated carbocycles. The van der Waals surface area contributed by atoms with Crippen LogP contribution in [0.25, 0.3) is 0 Å². The lowest BCUT2D eigenvalue weighted by Gasteiger charge is -2.56. The molecule has 0 spiro atoms. The van der Waals surface area contributed by atoms with Crippen molar-refractivity contribution in [3.05, 3.63) is 27.9 Å². The van der Waals surface area contributed by atoms with Gasteiger partial charge in [0, 0.05) is 24.7 Å². The van der Waals surface area contributed by atoms with Crippen LogP contribution in [0.2, 0.25) is 0 Å². The maximum Gasteiger partial charge on any atom is 0.263 e. The molecular formula is C19H27N3O2. The molecule has 5 rings (SSSR count). The van der Waals surface area contributed by atoms with Gasteiger partial charge in [0.15, 0.2) is 0 Å². The van der Waals surface area contributed by atoms with Crippen LogP contribution in [0, 0.1) is 17.8 Å². The van der Waals surface area contributed by atoms with E-state index in [-0.39, 0.29) is 22.4 Å². The van der Waals surface area contributed by atoms with Crippen molar-refractivity contribution in [2.24, 2.45) is 17.8 Å². The lowest BCUT2D eigenvalue weighted by molar-refractivity contribution is -0.00954. The van der Waals surface area contributed by atoms with Crippen LogP contribution in [0.15, 0.2) is 11.0 Å². The van der Waals surface area contributed by atoms with E-state index in [4.69, 9.17) is 0 Å². The van der Waals surface area contributed by atoms with Gasteiger partial charge in [-0.25, -0.2) is 4.98 Å². The number of aromatic amines is 1. The van der Waals surface area contributed by atoms with Gasteiger partial charge in [-0.15, -0.1) is 0 Å². The maximum absolute atomic E-state index is 12.6. The summed E-state index contributed by atoms with van der Waals surface area (Å²) < 4.78 is 0. The maximum atomic E-state index is 12.6. The highest BCUT2D eigenvalue weighted by molar-refractivity contribution is 5.93. The molecule has 1 aromatic rings. The Balaban J connectivity index is 1.65. The lowest BCUT2D eigenvalue weighted by Crippen LogP contribution is -2.50. The molecule has 4 aliphatic rings. The summed E-state index contributed by atoms with van der Waals surface area (Å²) in [6, 6.07) is 0. The van der Waals surface area contributed by atoms with Gasteiger partial charge >= 0.3 is 0 Å². The fourth-order valence-corrected chi connectivity index (χ4v) is 5.90. The Morgan fingerprint density at radius 2 is 1.71 bits per heavy atom. The average molecular weight is 329 g/mol. The molecule has 0 saturated heterocycles. The van der Waals surface area contributed by atoms with Crippen molar-refractivity contribution in [1.82, 2.24) is 14.9 Å². The summed E-state index contributed by atoms with van der Waals surface area (Å²) in [4.78, 5) is 34.3. The first-order valence-electron chi connectivity index (χ1n) is 9.43. The molecular weight excluding hydrogens is 302 g/mol. The number of carbonyl (C=O) groups is 1. The zero-order chi connectivity index (χ0) is 16.9. The summed E-state index contributed by atoms with van der Waals surface area (Å²) in [6.07, 6.45) is 9.08. The van der Waals surface area contributed by atoms with Crippen LogP contribution in [0.1, 0.15) is 68.6 Å². The summed E-state index contributed by atoms with van der Waals surface area (Å²) in [7, 11) is 0. The van der Waals surface area contributed by atoms with Gasteiger partial charge in [0.05, 0.1) is 0 Å². The highest BCUT2D eigenvalue weighted by Crippen LogP contribution is 2.59. The van der Waals surface area contributed by atoms with Gasteiger partial charge in [-0.3, -0.25) is 9.59 Å². The Morgan fingerprint density at radius 1 is 1.17 bits per heavy atom. The molecule has 0 radical (unpaired) electrons. The van der Waals surface area contributed by atoms with Crippen LogP contribution >= 0.6 is 0 Å². The zero-order valence-corrected chi connectivity index (χ0v) is 14.7. The number of carbonyl (C=O) groups excluding carboxylic acids is 1. The van der Waals surface area contributed by atoms with Crippen molar-refractivity contribution < 1.29 is 4.79 Å². The van der Waals surface area contributed by atoms with E-state index in [2.05, 4.69) is 9.97 Å². The van der Waals surface area contributed by atoms with Crippen LogP contribution in [0.4, 0.5) is 0 Å². The van der Waals surface area contributed by atoms with E-state index in [0.29, 0.717) is 13.1 Å². The Bertz CT molecular complexity index is 670. The van der Waals surface area contributed by atoms with Crippen molar-refractivity contribution in [2.45, 2.75) is 57.8 Å². The Morgan fingerprint density at radius 3 is 2.17 bits per heavy atom. The third kappa shape index (κ3) is 2.40. The summed E-state index contributed by atoms with van der Waals surface area (Å²) in [5.74, 6) is 3.03. The number of rotatable bonds is 4. The van der Waals surface area contributed by atoms with Crippen LogP contribution in [0.3, 0.4) is 0 Å². The molecule has 5 nitrogen and oxygen atoms in total. The van der Waals surface area contributed by atoms with Gasteiger partial charge < -0.3 is 9.88 Å². The normalized spacial score (nSPS) is 33.7. The molecule has 4 aliphatic carbocycles. The number of H-pyrrole nitrogens is 1. The molecule has 1 N–H and O–H groups in total. The van der Waals surface area contributed by atoms with E-state index >= 15 is 0 Å². The smallest absolute Gasteiger partial charge is 0.263 e. The van der Waals surface area contributed by atoms with Crippen LogP contribution in [0.5, 0.6) is 0 Å². The van der Waals surface area contributed by atoms with E-state index in [9.17, 15) is 9.59 Å². The van der Waals surface area contributed by atoms with Crippen LogP contribution in [-0.4, -0.2) is 33.9 Å². The van der Waals surface area contributed by atoms with E-state index in [1.165, 1.54) is 25.5 Å². The van der Waals surface area contributed by atoms with Crippen molar-refractivity contribution in [2.75, 3.05) is 13.1 Å². The van der Waals surface area contributed by atoms with E-state index in [1.807, 2.05) is 13.8 Å². The van der Waals surface area contributed by atoms with Gasteiger partial charge in [-0.1, -0.05) is 0 Å². The standard InChI is InChI=1S/C19H27N3O2/c1-3-22(4-2)17(24)15-11-20-18(21-16(15)23)19-8-12-5-13(9-19)7-14(6-12)10-19/h11-14H,3-10H2,1-2H3,(H,20,21,23). The molecule has 5 heteroatoms. The fourth-order valence-electron chi connectivity index (χ4n) is 5.90. The molecule has 24 heavy (non-hydrogen) atoms. The molecule has 0 aromatic carbocycles. The summed E-state index contributed by atoms with van der Waals surface area (Å²) in [6.45, 7) is 5.05.